The van der Waals surface area contributed by atoms with Crippen LogP contribution in [0, 0.1) is 0 Å². The largest absolute Gasteiger partial charge is 0.312 e. The Kier molecular flexibility index (Phi) is 12.4. The summed E-state index contributed by atoms with van der Waals surface area (Å²) in [6.45, 7) is 0. The first-order valence-electron chi connectivity index (χ1n) is 27.2. The summed E-state index contributed by atoms with van der Waals surface area (Å²) < 4.78 is 5.50. The molecule has 10 rings (SSSR count). The van der Waals surface area contributed by atoms with Gasteiger partial charge in [0.1, 0.15) is 212 Å². The molecule has 0 aliphatic heterocycles. The molecule has 0 fully saturated rings. The zero-order valence-electron chi connectivity index (χ0n) is 50.0. The average molecular weight is 904 g/mol. The minimum Gasteiger partial charge on any atom is -0.312 e. The normalized spacial score (nSPS) is 11.9. The molecule has 0 unspecified atom stereocenters. The van der Waals surface area contributed by atoms with Gasteiger partial charge in [-0.1, -0.05) is 132 Å². The molecule has 0 saturated carbocycles. The minimum absolute atomic E-state index is 1.34. The van der Waals surface area contributed by atoms with Gasteiger partial charge in [-0.05, 0) is 38.1 Å². The summed E-state index contributed by atoms with van der Waals surface area (Å²) in [5, 5.41) is 11.3. The lowest BCUT2D eigenvalue weighted by atomic mass is 9.60. The van der Waals surface area contributed by atoms with Gasteiger partial charge in [-0.2, -0.15) is 0 Å². The van der Waals surface area contributed by atoms with Crippen LogP contribution in [0.2, 0.25) is 0 Å². The number of fused-ring (bicyclic) bond motifs is 9. The van der Waals surface area contributed by atoms with Crippen molar-refractivity contribution in [3.63, 3.8) is 0 Å². The molecule has 73 heavy (non-hydrogen) atoms. The van der Waals surface area contributed by atoms with Gasteiger partial charge in [0.05, 0.1) is 0 Å². The third-order valence-corrected chi connectivity index (χ3v) is 20.8. The smallest absolute Gasteiger partial charge is 0.142 e. The van der Waals surface area contributed by atoms with Crippen molar-refractivity contribution in [2.45, 2.75) is 0 Å². The molecular weight excluding hydrogens is 848 g/mol. The average Bonchev–Trinajstić information content (AvgIpc) is 3.89. The summed E-state index contributed by atoms with van der Waals surface area (Å²) in [4.78, 5) is 0. The summed E-state index contributed by atoms with van der Waals surface area (Å²) in [5.41, 5.74) is 48.2. The molecule has 8 aromatic carbocycles. The van der Waals surface area contributed by atoms with Crippen LogP contribution in [-0.4, -0.2) is 221 Å². The molecule has 0 spiro atoms. The van der Waals surface area contributed by atoms with Gasteiger partial charge in [0, 0.05) is 49.6 Å². The van der Waals surface area contributed by atoms with Crippen molar-refractivity contribution >= 4 is 425 Å². The van der Waals surface area contributed by atoms with Crippen LogP contribution in [0.1, 0.15) is 0 Å². The molecule has 2 aromatic heterocycles. The Morgan fingerprint density at radius 2 is 0.452 bits per heavy atom. The van der Waals surface area contributed by atoms with Gasteiger partial charge in [-0.3, -0.25) is 0 Å². The van der Waals surface area contributed by atoms with Gasteiger partial charge >= 0.3 is 0 Å². The highest BCUT2D eigenvalue weighted by Crippen LogP contribution is 2.34. The van der Waals surface area contributed by atoms with Crippen LogP contribution >= 0.6 is 0 Å². The molecule has 0 N–H and O–H groups in total. The molecular formula is C44H55B27N2. The van der Waals surface area contributed by atoms with Crippen molar-refractivity contribution in [2.75, 3.05) is 0 Å². The van der Waals surface area contributed by atoms with Gasteiger partial charge in [0.2, 0.25) is 0 Å². The highest BCUT2D eigenvalue weighted by Gasteiger charge is 2.32. The monoisotopic (exact) mass is 909 g/mol. The predicted octanol–water partition coefficient (Wildman–Crippen LogP) is -35.2. The first-order valence-corrected chi connectivity index (χ1v) is 27.2. The molecule has 0 aliphatic carbocycles. The van der Waals surface area contributed by atoms with Crippen LogP contribution < -0.4 is 147 Å². The molecule has 29 heteroatoms. The van der Waals surface area contributed by atoms with E-state index >= 15 is 0 Å². The highest BCUT2D eigenvalue weighted by molar-refractivity contribution is 6.76. The third kappa shape index (κ3) is 6.50. The number of hydrogen-bond donors (Lipinski definition) is 0. The quantitative estimate of drug-likeness (QED) is 0.156. The number of nitrogens with zero attached hydrogens (tertiary/aromatic N) is 2. The molecule has 0 bridgehead atoms. The summed E-state index contributed by atoms with van der Waals surface area (Å²) in [5.74, 6) is 0. The van der Waals surface area contributed by atoms with E-state index in [2.05, 4.69) is 227 Å². The van der Waals surface area contributed by atoms with Crippen LogP contribution in [0.4, 0.5) is 0 Å². The Balaban J connectivity index is 1.49. The SMILES string of the molecule is Bc1cc(B)c2c(B)c(B)c(-n3c4c(B)c(B)c(-c5c(B)c(B)c6c(c5B)c5c(B)c(B)c(B)c(B)c5n6-c5c(B)c(B)c(B)c(B)c5B)c(B)c4c4c5c(B)c(B)c(B)c(B)c5c(B)c(B)c43)c(B)c2c1B. The second-order valence-electron chi connectivity index (χ2n) is 23.6. The Labute approximate surface area is 459 Å². The lowest BCUT2D eigenvalue weighted by Gasteiger charge is -2.27. The van der Waals surface area contributed by atoms with Gasteiger partial charge in [-0.15, -0.1) is 21.9 Å². The molecule has 0 radical (unpaired) electrons. The second kappa shape index (κ2) is 17.3. The van der Waals surface area contributed by atoms with E-state index in [-0.39, 0.29) is 0 Å². The Hall–Kier alpha value is -4.37. The van der Waals surface area contributed by atoms with E-state index in [1.165, 1.54) is 235 Å². The first-order chi connectivity index (χ1) is 34.1. The summed E-state index contributed by atoms with van der Waals surface area (Å²) in [6, 6.07) is 2.40. The number of aromatic nitrogens is 2. The fourth-order valence-corrected chi connectivity index (χ4v) is 15.0. The Morgan fingerprint density at radius 3 is 0.932 bits per heavy atom. The molecule has 2 nitrogen and oxygen atoms in total. The van der Waals surface area contributed by atoms with Crippen LogP contribution in [0.15, 0.2) is 6.07 Å². The van der Waals surface area contributed by atoms with Crippen molar-refractivity contribution in [3.05, 3.63) is 6.07 Å². The van der Waals surface area contributed by atoms with Gasteiger partial charge < -0.3 is 9.13 Å². The van der Waals surface area contributed by atoms with Gasteiger partial charge in [-0.25, -0.2) is 0 Å². The molecule has 0 atom stereocenters. The van der Waals surface area contributed by atoms with E-state index in [1.807, 2.05) is 0 Å². The molecule has 0 aliphatic rings. The lowest BCUT2D eigenvalue weighted by Crippen LogP contribution is -2.56. The van der Waals surface area contributed by atoms with E-state index < -0.39 is 0 Å². The van der Waals surface area contributed by atoms with Crippen molar-refractivity contribution in [1.82, 2.24) is 9.13 Å². The zero-order chi connectivity index (χ0) is 53.7. The number of hydrogen-bond acceptors (Lipinski definition) is 0. The van der Waals surface area contributed by atoms with E-state index in [4.69, 9.17) is 0 Å². The summed E-state index contributed by atoms with van der Waals surface area (Å²) in [7, 11) is 64.3. The third-order valence-electron chi connectivity index (χ3n) is 20.8. The summed E-state index contributed by atoms with van der Waals surface area (Å²) >= 11 is 0. The van der Waals surface area contributed by atoms with Crippen molar-refractivity contribution in [3.8, 4) is 22.5 Å². The maximum Gasteiger partial charge on any atom is 0.142 e. The Bertz CT molecular complexity index is 4310. The minimum atomic E-state index is 1.34. The second-order valence-corrected chi connectivity index (χ2v) is 23.6. The maximum absolute atomic E-state index is 2.78. The van der Waals surface area contributed by atoms with Crippen LogP contribution in [-0.2, 0) is 0 Å². The van der Waals surface area contributed by atoms with Gasteiger partial charge in [0.15, 0.2) is 0 Å². The maximum atomic E-state index is 2.78. The highest BCUT2D eigenvalue weighted by atomic mass is 15.0. The lowest BCUT2D eigenvalue weighted by molar-refractivity contribution is 1.22. The molecule has 2 heterocycles. The molecule has 10 aromatic rings. The fraction of sp³-hybridized carbons (Fsp3) is 0. The fourth-order valence-electron chi connectivity index (χ4n) is 15.0. The Morgan fingerprint density at radius 1 is 0.178 bits per heavy atom. The molecule has 0 saturated heterocycles. The molecule has 0 amide bonds. The number of rotatable bonds is 3. The van der Waals surface area contributed by atoms with E-state index in [0.29, 0.717) is 0 Å². The van der Waals surface area contributed by atoms with E-state index in [9.17, 15) is 0 Å². The topological polar surface area (TPSA) is 9.86 Å². The standard InChI is InChI=1S/C44H55B27N2/c45-2-1-3(46)14(47)7-4(2)17(50)35(68)43(24(7)57)72-39-6(5-8(20(53)32(39)65)19(52)26(59)25(58)18(5)51)11-15(48)9(21(54)33(66)40(11)72)10-16(49)12-13-23(56)27(60)29(62)36(69)42(13)73(41(12)34(67)22(10)55)44-37(70)30(63)28(61)31(64)38(44)71/h1H,45-71H2. The van der Waals surface area contributed by atoms with Crippen molar-refractivity contribution in [2.24, 2.45) is 0 Å². The first kappa shape index (κ1) is 52.1. The van der Waals surface area contributed by atoms with Crippen LogP contribution in [0.3, 0.4) is 0 Å². The van der Waals surface area contributed by atoms with Gasteiger partial charge in [0.25, 0.3) is 0 Å². The van der Waals surface area contributed by atoms with Crippen molar-refractivity contribution in [1.29, 1.82) is 0 Å². The van der Waals surface area contributed by atoms with E-state index in [0.717, 1.165) is 0 Å². The molecule has 322 valence electrons. The zero-order valence-corrected chi connectivity index (χ0v) is 50.0. The van der Waals surface area contributed by atoms with Crippen LogP contribution in [0.25, 0.3) is 87.7 Å². The van der Waals surface area contributed by atoms with E-state index in [1.54, 1.807) is 0 Å². The van der Waals surface area contributed by atoms with Crippen LogP contribution in [0.5, 0.6) is 0 Å². The number of benzene rings is 8. The summed E-state index contributed by atoms with van der Waals surface area (Å²) in [6.07, 6.45) is 0. The van der Waals surface area contributed by atoms with Crippen molar-refractivity contribution < 1.29 is 0 Å². The predicted molar refractivity (Wildman–Crippen MR) is 416 cm³/mol.